The third kappa shape index (κ3) is 4.80. The van der Waals surface area contributed by atoms with Gasteiger partial charge in [-0.05, 0) is 38.0 Å². The minimum Gasteiger partial charge on any atom is -0.437 e. The summed E-state index contributed by atoms with van der Waals surface area (Å²) in [7, 11) is 0. The minimum absolute atomic E-state index is 0.161. The highest BCUT2D eigenvalue weighted by Crippen LogP contribution is 2.27. The lowest BCUT2D eigenvalue weighted by atomic mass is 9.95. The number of aromatic nitrogens is 4. The van der Waals surface area contributed by atoms with E-state index in [2.05, 4.69) is 15.1 Å². The summed E-state index contributed by atoms with van der Waals surface area (Å²) in [5, 5.41) is 4.25. The van der Waals surface area contributed by atoms with Crippen LogP contribution in [0.1, 0.15) is 36.6 Å². The smallest absolute Gasteiger partial charge is 0.238 e. The summed E-state index contributed by atoms with van der Waals surface area (Å²) < 4.78 is 7.68. The van der Waals surface area contributed by atoms with Gasteiger partial charge in [-0.1, -0.05) is 18.2 Å². The van der Waals surface area contributed by atoms with Crippen LogP contribution >= 0.6 is 0 Å². The van der Waals surface area contributed by atoms with Gasteiger partial charge in [-0.25, -0.2) is 4.98 Å². The van der Waals surface area contributed by atoms with Gasteiger partial charge in [0.2, 0.25) is 11.8 Å². The molecule has 0 saturated carbocycles. The molecule has 0 N–H and O–H groups in total. The van der Waals surface area contributed by atoms with Crippen molar-refractivity contribution in [3.05, 3.63) is 66.4 Å². The largest absolute Gasteiger partial charge is 0.437 e. The molecule has 7 nitrogen and oxygen atoms in total. The number of hydrogen-bond acceptors (Lipinski definition) is 5. The van der Waals surface area contributed by atoms with Crippen molar-refractivity contribution < 1.29 is 9.53 Å². The summed E-state index contributed by atoms with van der Waals surface area (Å²) in [6.07, 6.45) is 7.57. The maximum atomic E-state index is 12.7. The van der Waals surface area contributed by atoms with Gasteiger partial charge in [-0.2, -0.15) is 5.10 Å². The molecule has 29 heavy (non-hydrogen) atoms. The molecular weight excluding hydrogens is 366 g/mol. The Morgan fingerprint density at radius 1 is 1.21 bits per heavy atom. The average molecular weight is 391 g/mol. The highest BCUT2D eigenvalue weighted by Gasteiger charge is 2.26. The number of nitrogens with zero attached hydrogens (tertiary/aromatic N) is 5. The van der Waals surface area contributed by atoms with Gasteiger partial charge in [-0.15, -0.1) is 0 Å². The molecule has 4 rings (SSSR count). The Hall–Kier alpha value is -3.22. The van der Waals surface area contributed by atoms with E-state index < -0.39 is 0 Å². The number of carbonyl (C=O) groups is 1. The molecular formula is C22H25N5O2. The zero-order valence-electron chi connectivity index (χ0n) is 16.6. The fourth-order valence-corrected chi connectivity index (χ4v) is 3.66. The first kappa shape index (κ1) is 19.1. The molecule has 3 heterocycles. The molecule has 1 saturated heterocycles. The van der Waals surface area contributed by atoms with Crippen LogP contribution in [0, 0.1) is 6.92 Å². The Bertz CT molecular complexity index is 957. The summed E-state index contributed by atoms with van der Waals surface area (Å²) in [5.41, 5.74) is 1.94. The van der Waals surface area contributed by atoms with Gasteiger partial charge in [0, 0.05) is 50.1 Å². The van der Waals surface area contributed by atoms with Crippen LogP contribution < -0.4 is 4.74 Å². The average Bonchev–Trinajstić information content (AvgIpc) is 3.18. The van der Waals surface area contributed by atoms with E-state index in [-0.39, 0.29) is 11.8 Å². The quantitative estimate of drug-likeness (QED) is 0.642. The minimum atomic E-state index is 0.161. The lowest BCUT2D eigenvalue weighted by molar-refractivity contribution is -0.132. The van der Waals surface area contributed by atoms with Crippen LogP contribution in [0.2, 0.25) is 0 Å². The van der Waals surface area contributed by atoms with Gasteiger partial charge >= 0.3 is 0 Å². The second-order valence-corrected chi connectivity index (χ2v) is 7.32. The van der Waals surface area contributed by atoms with Gasteiger partial charge in [0.1, 0.15) is 5.75 Å². The number of carbonyl (C=O) groups excluding carboxylic acids is 1. The molecule has 0 aliphatic carbocycles. The zero-order chi connectivity index (χ0) is 20.1. The molecule has 1 aliphatic heterocycles. The van der Waals surface area contributed by atoms with Crippen molar-refractivity contribution in [2.24, 2.45) is 0 Å². The summed E-state index contributed by atoms with van der Waals surface area (Å²) in [6, 6.07) is 11.5. The van der Waals surface area contributed by atoms with Gasteiger partial charge < -0.3 is 9.64 Å². The van der Waals surface area contributed by atoms with E-state index in [0.717, 1.165) is 36.5 Å². The van der Waals surface area contributed by atoms with Gasteiger partial charge in [0.25, 0.3) is 0 Å². The first-order chi connectivity index (χ1) is 14.2. The van der Waals surface area contributed by atoms with E-state index in [0.29, 0.717) is 25.4 Å². The third-order valence-corrected chi connectivity index (χ3v) is 5.26. The highest BCUT2D eigenvalue weighted by atomic mass is 16.5. The first-order valence-electron chi connectivity index (χ1n) is 10.00. The number of rotatable bonds is 6. The Morgan fingerprint density at radius 2 is 2.07 bits per heavy atom. The molecule has 3 aromatic rings. The maximum absolute atomic E-state index is 12.7. The first-order valence-corrected chi connectivity index (χ1v) is 10.00. The van der Waals surface area contributed by atoms with Crippen molar-refractivity contribution in [2.75, 3.05) is 13.1 Å². The second kappa shape index (κ2) is 8.86. The van der Waals surface area contributed by atoms with Crippen molar-refractivity contribution in [3.63, 3.8) is 0 Å². The monoisotopic (exact) mass is 391 g/mol. The molecule has 1 amide bonds. The van der Waals surface area contributed by atoms with Crippen molar-refractivity contribution in [1.29, 1.82) is 0 Å². The molecule has 150 valence electrons. The Morgan fingerprint density at radius 3 is 2.86 bits per heavy atom. The van der Waals surface area contributed by atoms with Crippen LogP contribution in [-0.4, -0.2) is 43.6 Å². The normalized spacial score (nSPS) is 16.6. The number of ether oxygens (including phenoxy) is 1. The van der Waals surface area contributed by atoms with E-state index in [1.807, 2.05) is 52.9 Å². The molecule has 0 bridgehead atoms. The third-order valence-electron chi connectivity index (χ3n) is 5.26. The van der Waals surface area contributed by atoms with Crippen LogP contribution in [0.3, 0.4) is 0 Å². The Labute approximate surface area is 170 Å². The predicted molar refractivity (Wildman–Crippen MR) is 109 cm³/mol. The van der Waals surface area contributed by atoms with Crippen LogP contribution in [0.25, 0.3) is 0 Å². The van der Waals surface area contributed by atoms with Crippen LogP contribution in [0.15, 0.2) is 55.0 Å². The molecule has 0 spiro atoms. The SMILES string of the molecule is Cc1ccnn1CCC(=O)N1CCC[C@H](c2cncc(Oc3ccccc3)n2)C1. The van der Waals surface area contributed by atoms with Crippen molar-refractivity contribution >= 4 is 5.91 Å². The fraction of sp³-hybridized carbons (Fsp3) is 0.364. The van der Waals surface area contributed by atoms with Crippen LogP contribution in [0.4, 0.5) is 0 Å². The van der Waals surface area contributed by atoms with E-state index in [1.165, 1.54) is 0 Å². The Kier molecular flexibility index (Phi) is 5.84. The molecule has 2 aromatic heterocycles. The standard InChI is InChI=1S/C22H25N5O2/c1-17-9-11-24-27(17)13-10-22(28)26-12-5-6-18(16-26)20-14-23-15-21(25-20)29-19-7-3-2-4-8-19/h2-4,7-9,11,14-15,18H,5-6,10,12-13,16H2,1H3/t18-/m0/s1. The van der Waals surface area contributed by atoms with Crippen LogP contribution in [0.5, 0.6) is 11.6 Å². The summed E-state index contributed by atoms with van der Waals surface area (Å²) >= 11 is 0. The molecule has 1 aliphatic rings. The number of hydrogen-bond donors (Lipinski definition) is 0. The number of amides is 1. The number of benzene rings is 1. The summed E-state index contributed by atoms with van der Waals surface area (Å²) in [5.74, 6) is 1.54. The van der Waals surface area contributed by atoms with Crippen molar-refractivity contribution in [2.45, 2.75) is 38.6 Å². The predicted octanol–water partition coefficient (Wildman–Crippen LogP) is 3.57. The van der Waals surface area contributed by atoms with Gasteiger partial charge in [-0.3, -0.25) is 14.5 Å². The highest BCUT2D eigenvalue weighted by molar-refractivity contribution is 5.76. The number of piperidine rings is 1. The number of para-hydroxylation sites is 1. The lowest BCUT2D eigenvalue weighted by Crippen LogP contribution is -2.39. The molecule has 7 heteroatoms. The lowest BCUT2D eigenvalue weighted by Gasteiger charge is -2.32. The second-order valence-electron chi connectivity index (χ2n) is 7.32. The number of likely N-dealkylation sites (tertiary alicyclic amines) is 1. The molecule has 0 unspecified atom stereocenters. The molecule has 1 aromatic carbocycles. The maximum Gasteiger partial charge on any atom is 0.238 e. The molecule has 0 radical (unpaired) electrons. The summed E-state index contributed by atoms with van der Waals surface area (Å²) in [4.78, 5) is 23.6. The number of aryl methyl sites for hydroxylation is 2. The van der Waals surface area contributed by atoms with E-state index in [4.69, 9.17) is 4.74 Å². The zero-order valence-corrected chi connectivity index (χ0v) is 16.6. The van der Waals surface area contributed by atoms with Crippen molar-refractivity contribution in [1.82, 2.24) is 24.6 Å². The van der Waals surface area contributed by atoms with E-state index >= 15 is 0 Å². The van der Waals surface area contributed by atoms with E-state index in [9.17, 15) is 4.79 Å². The van der Waals surface area contributed by atoms with Gasteiger partial charge in [0.05, 0.1) is 11.9 Å². The van der Waals surface area contributed by atoms with Crippen molar-refractivity contribution in [3.8, 4) is 11.6 Å². The van der Waals surface area contributed by atoms with Gasteiger partial charge in [0.15, 0.2) is 0 Å². The fourth-order valence-electron chi connectivity index (χ4n) is 3.66. The van der Waals surface area contributed by atoms with Crippen LogP contribution in [-0.2, 0) is 11.3 Å². The van der Waals surface area contributed by atoms with E-state index in [1.54, 1.807) is 18.6 Å². The summed E-state index contributed by atoms with van der Waals surface area (Å²) in [6.45, 7) is 4.07. The topological polar surface area (TPSA) is 73.1 Å². The Balaban J connectivity index is 1.38. The molecule has 1 fully saturated rings. The molecule has 1 atom stereocenters.